The zero-order valence-electron chi connectivity index (χ0n) is 30.3. The number of Topliss-reactive ketones (excluding diaryl/α,β-unsaturated/α-hetero) is 1. The van der Waals surface area contributed by atoms with Gasteiger partial charge in [-0.25, -0.2) is 0 Å². The quantitative estimate of drug-likeness (QED) is 0.105. The largest absolute Gasteiger partial charge is 0.373 e. The Morgan fingerprint density at radius 2 is 1.21 bits per heavy atom. The van der Waals surface area contributed by atoms with E-state index in [1.54, 1.807) is 0 Å². The average molecular weight is 593 g/mol. The first-order chi connectivity index (χ1) is 19.8. The van der Waals surface area contributed by atoms with Crippen molar-refractivity contribution in [2.75, 3.05) is 0 Å². The standard InChI is InChI=1S/C39H76O3/c1-11-14-17-22-34(41-38(5,6)7)28-25-32(13-3)31(4)21-19-16-20-24-36-33(27-30-37(36)40)26-29-35(23-18-15-12-2)42-39(8,9)10/h31-36H,11-30H2,1-10H3/t31?,32?,33-,34?,35?,36?/m0/s1. The predicted octanol–water partition coefficient (Wildman–Crippen LogP) is 12.3. The Balaban J connectivity index is 2.46. The van der Waals surface area contributed by atoms with E-state index in [0.29, 0.717) is 29.8 Å². The predicted molar refractivity (Wildman–Crippen MR) is 183 cm³/mol. The molecule has 1 fully saturated rings. The summed E-state index contributed by atoms with van der Waals surface area (Å²) in [6.07, 6.45) is 25.0. The van der Waals surface area contributed by atoms with Crippen LogP contribution < -0.4 is 0 Å². The van der Waals surface area contributed by atoms with Crippen LogP contribution in [0.15, 0.2) is 0 Å². The van der Waals surface area contributed by atoms with Gasteiger partial charge in [-0.15, -0.1) is 0 Å². The van der Waals surface area contributed by atoms with Gasteiger partial charge < -0.3 is 9.47 Å². The van der Waals surface area contributed by atoms with Crippen LogP contribution in [0, 0.1) is 23.7 Å². The average Bonchev–Trinajstić information content (AvgIpc) is 3.24. The number of ether oxygens (including phenoxy) is 2. The van der Waals surface area contributed by atoms with Gasteiger partial charge >= 0.3 is 0 Å². The van der Waals surface area contributed by atoms with E-state index < -0.39 is 0 Å². The highest BCUT2D eigenvalue weighted by Gasteiger charge is 2.34. The van der Waals surface area contributed by atoms with E-state index >= 15 is 0 Å². The molecule has 3 nitrogen and oxygen atoms in total. The highest BCUT2D eigenvalue weighted by Crippen LogP contribution is 2.37. The van der Waals surface area contributed by atoms with Crippen molar-refractivity contribution in [3.63, 3.8) is 0 Å². The Bertz CT molecular complexity index is 672. The lowest BCUT2D eigenvalue weighted by Crippen LogP contribution is -2.28. The Labute approximate surface area is 264 Å². The van der Waals surface area contributed by atoms with Crippen LogP contribution in [-0.4, -0.2) is 29.2 Å². The van der Waals surface area contributed by atoms with E-state index in [4.69, 9.17) is 9.47 Å². The van der Waals surface area contributed by atoms with Crippen LogP contribution in [0.5, 0.6) is 0 Å². The second kappa shape index (κ2) is 21.3. The molecule has 1 aliphatic rings. The van der Waals surface area contributed by atoms with Crippen LogP contribution in [0.2, 0.25) is 0 Å². The Kier molecular flexibility index (Phi) is 20.1. The van der Waals surface area contributed by atoms with E-state index in [0.717, 1.165) is 50.4 Å². The van der Waals surface area contributed by atoms with Crippen LogP contribution in [0.4, 0.5) is 0 Å². The summed E-state index contributed by atoms with van der Waals surface area (Å²) in [5, 5.41) is 0. The van der Waals surface area contributed by atoms with Gasteiger partial charge in [-0.3, -0.25) is 4.79 Å². The number of hydrogen-bond acceptors (Lipinski definition) is 3. The summed E-state index contributed by atoms with van der Waals surface area (Å²) in [5.41, 5.74) is -0.146. The molecule has 250 valence electrons. The lowest BCUT2D eigenvalue weighted by molar-refractivity contribution is -0.121. The van der Waals surface area contributed by atoms with Gasteiger partial charge in [-0.05, 0) is 111 Å². The van der Waals surface area contributed by atoms with Crippen molar-refractivity contribution in [3.05, 3.63) is 0 Å². The van der Waals surface area contributed by atoms with Gasteiger partial charge in [0, 0.05) is 12.3 Å². The van der Waals surface area contributed by atoms with Crippen LogP contribution >= 0.6 is 0 Å². The third-order valence-corrected chi connectivity index (χ3v) is 9.77. The summed E-state index contributed by atoms with van der Waals surface area (Å²) in [6.45, 7) is 22.6. The van der Waals surface area contributed by atoms with Crippen LogP contribution in [0.1, 0.15) is 198 Å². The van der Waals surface area contributed by atoms with E-state index in [1.807, 2.05) is 0 Å². The third-order valence-electron chi connectivity index (χ3n) is 9.77. The van der Waals surface area contributed by atoms with Gasteiger partial charge in [0.05, 0.1) is 23.4 Å². The van der Waals surface area contributed by atoms with Crippen molar-refractivity contribution in [2.24, 2.45) is 23.7 Å². The van der Waals surface area contributed by atoms with Crippen LogP contribution in [0.3, 0.4) is 0 Å². The topological polar surface area (TPSA) is 35.5 Å². The molecule has 0 aliphatic heterocycles. The number of unbranched alkanes of at least 4 members (excludes halogenated alkanes) is 6. The van der Waals surface area contributed by atoms with Crippen molar-refractivity contribution in [1.82, 2.24) is 0 Å². The minimum absolute atomic E-state index is 0.0551. The zero-order chi connectivity index (χ0) is 31.6. The molecule has 5 unspecified atom stereocenters. The van der Waals surface area contributed by atoms with Crippen molar-refractivity contribution in [1.29, 1.82) is 0 Å². The lowest BCUT2D eigenvalue weighted by atomic mass is 9.82. The monoisotopic (exact) mass is 593 g/mol. The number of carbonyl (C=O) groups excluding carboxylic acids is 1. The molecule has 0 amide bonds. The SMILES string of the molecule is CCCCCC(CCC(CC)C(C)CCCCCC1C(=O)CC[C@@H]1CCC(CCCCC)OC(C)(C)C)OC(C)(C)C. The fourth-order valence-electron chi connectivity index (χ4n) is 7.42. The molecule has 0 aromatic rings. The maximum absolute atomic E-state index is 12.8. The van der Waals surface area contributed by atoms with E-state index in [2.05, 4.69) is 69.2 Å². The minimum Gasteiger partial charge on any atom is -0.373 e. The first-order valence-corrected chi connectivity index (χ1v) is 18.7. The summed E-state index contributed by atoms with van der Waals surface area (Å²) in [4.78, 5) is 12.8. The molecule has 0 spiro atoms. The molecule has 42 heavy (non-hydrogen) atoms. The van der Waals surface area contributed by atoms with Gasteiger partial charge in [-0.2, -0.15) is 0 Å². The van der Waals surface area contributed by atoms with Crippen LogP contribution in [0.25, 0.3) is 0 Å². The summed E-state index contributed by atoms with van der Waals surface area (Å²) in [6, 6.07) is 0. The number of rotatable bonds is 24. The van der Waals surface area contributed by atoms with Gasteiger partial charge in [-0.1, -0.05) is 98.3 Å². The molecule has 3 heteroatoms. The molecule has 1 saturated carbocycles. The van der Waals surface area contributed by atoms with Gasteiger partial charge in [0.25, 0.3) is 0 Å². The molecular weight excluding hydrogens is 516 g/mol. The molecule has 0 saturated heterocycles. The highest BCUT2D eigenvalue weighted by atomic mass is 16.5. The minimum atomic E-state index is -0.0910. The second-order valence-electron chi connectivity index (χ2n) is 16.0. The summed E-state index contributed by atoms with van der Waals surface area (Å²) >= 11 is 0. The fraction of sp³-hybridized carbons (Fsp3) is 0.974. The molecule has 1 aliphatic carbocycles. The van der Waals surface area contributed by atoms with E-state index in [1.165, 1.54) is 89.9 Å². The van der Waals surface area contributed by atoms with Gasteiger partial charge in [0.15, 0.2) is 0 Å². The van der Waals surface area contributed by atoms with Gasteiger partial charge in [0.1, 0.15) is 5.78 Å². The lowest BCUT2D eigenvalue weighted by Gasteiger charge is -2.30. The third kappa shape index (κ3) is 18.4. The Morgan fingerprint density at radius 3 is 1.74 bits per heavy atom. The highest BCUT2D eigenvalue weighted by molar-refractivity contribution is 5.83. The van der Waals surface area contributed by atoms with Gasteiger partial charge in [0.2, 0.25) is 0 Å². The molecule has 0 radical (unpaired) electrons. The molecular formula is C39H76O3. The maximum Gasteiger partial charge on any atom is 0.136 e. The van der Waals surface area contributed by atoms with Crippen molar-refractivity contribution < 1.29 is 14.3 Å². The zero-order valence-corrected chi connectivity index (χ0v) is 30.3. The Hall–Kier alpha value is -0.410. The van der Waals surface area contributed by atoms with Crippen molar-refractivity contribution in [2.45, 2.75) is 221 Å². The number of ketones is 1. The maximum atomic E-state index is 12.8. The van der Waals surface area contributed by atoms with Crippen LogP contribution in [-0.2, 0) is 14.3 Å². The number of carbonyl (C=O) groups is 1. The van der Waals surface area contributed by atoms with E-state index in [-0.39, 0.29) is 11.2 Å². The smallest absolute Gasteiger partial charge is 0.136 e. The van der Waals surface area contributed by atoms with E-state index in [9.17, 15) is 4.79 Å². The molecule has 0 bridgehead atoms. The molecule has 0 aromatic carbocycles. The molecule has 1 rings (SSSR count). The molecule has 0 heterocycles. The first-order valence-electron chi connectivity index (χ1n) is 18.7. The summed E-state index contributed by atoms with van der Waals surface area (Å²) in [5.74, 6) is 3.01. The summed E-state index contributed by atoms with van der Waals surface area (Å²) < 4.78 is 12.9. The normalized spacial score (nSPS) is 21.0. The first kappa shape index (κ1) is 39.6. The molecule has 0 N–H and O–H groups in total. The summed E-state index contributed by atoms with van der Waals surface area (Å²) in [7, 11) is 0. The van der Waals surface area contributed by atoms with Crippen molar-refractivity contribution >= 4 is 5.78 Å². The van der Waals surface area contributed by atoms with Crippen molar-refractivity contribution in [3.8, 4) is 0 Å². The number of hydrogen-bond donors (Lipinski definition) is 0. The fourth-order valence-corrected chi connectivity index (χ4v) is 7.42. The molecule has 6 atom stereocenters. The Morgan fingerprint density at radius 1 is 0.667 bits per heavy atom. The molecule has 0 aromatic heterocycles. The second-order valence-corrected chi connectivity index (χ2v) is 16.0.